The van der Waals surface area contributed by atoms with Gasteiger partial charge < -0.3 is 14.4 Å². The number of methoxy groups -OCH3 is 1. The van der Waals surface area contributed by atoms with Crippen molar-refractivity contribution in [1.82, 2.24) is 9.47 Å². The maximum absolute atomic E-state index is 14.0. The van der Waals surface area contributed by atoms with Gasteiger partial charge in [-0.2, -0.15) is 0 Å². The van der Waals surface area contributed by atoms with E-state index in [4.69, 9.17) is 14.5 Å². The van der Waals surface area contributed by atoms with Crippen molar-refractivity contribution in [2.75, 3.05) is 20.2 Å². The number of para-hydroxylation sites is 1. The van der Waals surface area contributed by atoms with Crippen LogP contribution in [-0.4, -0.2) is 35.6 Å². The van der Waals surface area contributed by atoms with Crippen LogP contribution < -0.4 is 24.4 Å². The van der Waals surface area contributed by atoms with E-state index in [0.29, 0.717) is 51.8 Å². The average Bonchev–Trinajstić information content (AvgIpc) is 3.31. The molecular formula is C33H32FN3O4S. The third-order valence-corrected chi connectivity index (χ3v) is 8.22. The molecule has 0 saturated carbocycles. The Bertz CT molecular complexity index is 1800. The Labute approximate surface area is 247 Å². The van der Waals surface area contributed by atoms with E-state index < -0.39 is 6.04 Å². The van der Waals surface area contributed by atoms with Crippen LogP contribution in [0.15, 0.2) is 93.9 Å². The molecule has 42 heavy (non-hydrogen) atoms. The first-order valence-electron chi connectivity index (χ1n) is 13.8. The van der Waals surface area contributed by atoms with Crippen molar-refractivity contribution < 1.29 is 18.7 Å². The van der Waals surface area contributed by atoms with Gasteiger partial charge in [0.2, 0.25) is 0 Å². The molecule has 1 aliphatic heterocycles. The summed E-state index contributed by atoms with van der Waals surface area (Å²) in [5, 5.41) is 0. The fourth-order valence-electron chi connectivity index (χ4n) is 5.02. The molecule has 216 valence electrons. The van der Waals surface area contributed by atoms with Crippen LogP contribution in [0.5, 0.6) is 11.5 Å². The molecule has 5 rings (SSSR count). The number of rotatable bonds is 9. The molecule has 0 bridgehead atoms. The number of amides is 1. The highest BCUT2D eigenvalue weighted by Gasteiger charge is 2.35. The molecule has 3 aromatic carbocycles. The molecule has 1 aromatic heterocycles. The highest BCUT2D eigenvalue weighted by molar-refractivity contribution is 7.07. The zero-order valence-electron chi connectivity index (χ0n) is 24.0. The lowest BCUT2D eigenvalue weighted by molar-refractivity contribution is -0.127. The number of benzene rings is 3. The summed E-state index contributed by atoms with van der Waals surface area (Å²) < 4.78 is 26.8. The summed E-state index contributed by atoms with van der Waals surface area (Å²) >= 11 is 1.29. The van der Waals surface area contributed by atoms with Gasteiger partial charge in [0, 0.05) is 18.7 Å². The van der Waals surface area contributed by atoms with E-state index in [9.17, 15) is 14.0 Å². The first-order valence-corrected chi connectivity index (χ1v) is 14.6. The number of hydrogen-bond donors (Lipinski definition) is 0. The van der Waals surface area contributed by atoms with Crippen LogP contribution in [0.3, 0.4) is 0 Å². The lowest BCUT2D eigenvalue weighted by Gasteiger charge is -2.29. The maximum Gasteiger partial charge on any atom is 0.271 e. The third kappa shape index (κ3) is 5.78. The van der Waals surface area contributed by atoms with Gasteiger partial charge in [0.1, 0.15) is 30.0 Å². The fourth-order valence-corrected chi connectivity index (χ4v) is 6.07. The van der Waals surface area contributed by atoms with Crippen molar-refractivity contribution >= 4 is 23.3 Å². The highest BCUT2D eigenvalue weighted by atomic mass is 32.1. The van der Waals surface area contributed by atoms with Gasteiger partial charge >= 0.3 is 0 Å². The topological polar surface area (TPSA) is 73.1 Å². The van der Waals surface area contributed by atoms with E-state index in [0.717, 1.165) is 16.7 Å². The number of aromatic nitrogens is 1. The number of thiazole rings is 1. The summed E-state index contributed by atoms with van der Waals surface area (Å²) in [4.78, 5) is 34.8. The number of halogens is 1. The van der Waals surface area contributed by atoms with E-state index in [1.165, 1.54) is 23.5 Å². The monoisotopic (exact) mass is 585 g/mol. The van der Waals surface area contributed by atoms with E-state index in [2.05, 4.69) is 0 Å². The Hall–Kier alpha value is -4.50. The van der Waals surface area contributed by atoms with Crippen molar-refractivity contribution in [2.24, 2.45) is 4.99 Å². The number of allylic oxidation sites excluding steroid dienone is 1. The van der Waals surface area contributed by atoms with E-state index in [1.54, 1.807) is 28.7 Å². The molecule has 0 radical (unpaired) electrons. The van der Waals surface area contributed by atoms with Crippen molar-refractivity contribution in [3.05, 3.63) is 126 Å². The summed E-state index contributed by atoms with van der Waals surface area (Å²) in [5.74, 6) is 0.810. The second kappa shape index (κ2) is 12.6. The van der Waals surface area contributed by atoms with Gasteiger partial charge in [-0.25, -0.2) is 9.38 Å². The molecule has 2 heterocycles. The standard InChI is InChI=1S/C33H32FN3O4S/c1-5-36(6-2)32(39)29-21(3)35-33-37(30(29)26-9-7-8-10-27(26)40-4)31(38)28(42-33)19-22-13-17-25(18-14-22)41-20-23-11-15-24(34)16-12-23/h7-19,30H,5-6,20H2,1-4H3/b28-19+/t30-/m1/s1. The van der Waals surface area contributed by atoms with E-state index >= 15 is 0 Å². The van der Waals surface area contributed by atoms with E-state index in [-0.39, 0.29) is 17.3 Å². The largest absolute Gasteiger partial charge is 0.496 e. The van der Waals surface area contributed by atoms with Crippen molar-refractivity contribution in [3.8, 4) is 11.5 Å². The summed E-state index contributed by atoms with van der Waals surface area (Å²) in [7, 11) is 1.58. The molecule has 7 nitrogen and oxygen atoms in total. The van der Waals surface area contributed by atoms with Crippen molar-refractivity contribution in [2.45, 2.75) is 33.4 Å². The molecule has 9 heteroatoms. The molecule has 0 unspecified atom stereocenters. The first-order chi connectivity index (χ1) is 20.3. The number of fused-ring (bicyclic) bond motifs is 1. The van der Waals surface area contributed by atoms with Crippen LogP contribution in [0.4, 0.5) is 4.39 Å². The molecule has 0 saturated heterocycles. The van der Waals surface area contributed by atoms with Gasteiger partial charge in [-0.1, -0.05) is 53.8 Å². The van der Waals surface area contributed by atoms with Gasteiger partial charge in [0.15, 0.2) is 4.80 Å². The molecule has 4 aromatic rings. The van der Waals surface area contributed by atoms with Crippen molar-refractivity contribution in [1.29, 1.82) is 0 Å². The quantitative estimate of drug-likeness (QED) is 0.282. The molecule has 0 aliphatic carbocycles. The predicted molar refractivity (Wildman–Crippen MR) is 162 cm³/mol. The maximum atomic E-state index is 14.0. The van der Waals surface area contributed by atoms with Gasteiger partial charge in [-0.3, -0.25) is 14.2 Å². The fraction of sp³-hybridized carbons (Fsp3) is 0.242. The van der Waals surface area contributed by atoms with Crippen LogP contribution in [0, 0.1) is 5.82 Å². The molecule has 1 amide bonds. The Morgan fingerprint density at radius 2 is 1.74 bits per heavy atom. The Balaban J connectivity index is 1.53. The molecule has 1 aliphatic rings. The van der Waals surface area contributed by atoms with Crippen LogP contribution in [0.2, 0.25) is 0 Å². The molecular weight excluding hydrogens is 553 g/mol. The average molecular weight is 586 g/mol. The summed E-state index contributed by atoms with van der Waals surface area (Å²) in [5.41, 5.74) is 3.21. The Kier molecular flexibility index (Phi) is 8.68. The van der Waals surface area contributed by atoms with Crippen LogP contribution in [0.25, 0.3) is 6.08 Å². The van der Waals surface area contributed by atoms with Gasteiger partial charge in [-0.05, 0) is 68.3 Å². The molecule has 1 atom stereocenters. The number of nitrogens with zero attached hydrogens (tertiary/aromatic N) is 3. The number of hydrogen-bond acceptors (Lipinski definition) is 6. The molecule has 0 spiro atoms. The second-order valence-corrected chi connectivity index (χ2v) is 10.8. The Morgan fingerprint density at radius 3 is 2.40 bits per heavy atom. The normalized spacial score (nSPS) is 14.8. The summed E-state index contributed by atoms with van der Waals surface area (Å²) in [6, 6.07) is 20.4. The zero-order chi connectivity index (χ0) is 29.8. The highest BCUT2D eigenvalue weighted by Crippen LogP contribution is 2.36. The van der Waals surface area contributed by atoms with Crippen LogP contribution >= 0.6 is 11.3 Å². The van der Waals surface area contributed by atoms with Crippen molar-refractivity contribution in [3.63, 3.8) is 0 Å². The zero-order valence-corrected chi connectivity index (χ0v) is 24.8. The van der Waals surface area contributed by atoms with Gasteiger partial charge in [-0.15, -0.1) is 0 Å². The lowest BCUT2D eigenvalue weighted by atomic mass is 9.94. The minimum atomic E-state index is -0.685. The smallest absolute Gasteiger partial charge is 0.271 e. The minimum absolute atomic E-state index is 0.150. The van der Waals surface area contributed by atoms with E-state index in [1.807, 2.05) is 75.4 Å². The van der Waals surface area contributed by atoms with Crippen LogP contribution in [0.1, 0.15) is 43.5 Å². The number of ether oxygens (including phenoxy) is 2. The second-order valence-electron chi connectivity index (χ2n) is 9.79. The minimum Gasteiger partial charge on any atom is -0.496 e. The summed E-state index contributed by atoms with van der Waals surface area (Å²) in [6.45, 7) is 7.08. The molecule has 0 N–H and O–H groups in total. The van der Waals surface area contributed by atoms with Gasteiger partial charge in [0.25, 0.3) is 11.5 Å². The lowest BCUT2D eigenvalue weighted by Crippen LogP contribution is -2.43. The third-order valence-electron chi connectivity index (χ3n) is 7.23. The summed E-state index contributed by atoms with van der Waals surface area (Å²) in [6.07, 6.45) is 1.82. The predicted octanol–water partition coefficient (Wildman–Crippen LogP) is 4.83. The first kappa shape index (κ1) is 29.0. The number of carbonyl (C=O) groups excluding carboxylic acids is 1. The number of likely N-dealkylation sites (N-methyl/N-ethyl adjacent to an activating group) is 1. The molecule has 0 fully saturated rings. The van der Waals surface area contributed by atoms with Gasteiger partial charge in [0.05, 0.1) is 22.9 Å². The van der Waals surface area contributed by atoms with Crippen LogP contribution in [-0.2, 0) is 11.4 Å². The Morgan fingerprint density at radius 1 is 1.05 bits per heavy atom. The number of carbonyl (C=O) groups is 1. The SMILES string of the molecule is CCN(CC)C(=O)C1=C(C)N=c2s/c(=C/c3ccc(OCc4ccc(F)cc4)cc3)c(=O)n2[C@@H]1c1ccccc1OC.